The molecule has 0 saturated carbocycles. The average Bonchev–Trinajstić information content (AvgIpc) is 2.21. The van der Waals surface area contributed by atoms with Crippen LogP contribution in [0.2, 0.25) is 0 Å². The third-order valence-electron chi connectivity index (χ3n) is 1.72. The van der Waals surface area contributed by atoms with Crippen LogP contribution in [0.4, 0.5) is 0 Å². The molecule has 2 rings (SSSR count). The minimum atomic E-state index is 0. The molecule has 0 aliphatic rings. The first-order valence-electron chi connectivity index (χ1n) is 4.23. The van der Waals surface area contributed by atoms with Crippen LogP contribution in [0.5, 0.6) is 11.5 Å². The molecule has 0 saturated heterocycles. The van der Waals surface area contributed by atoms with Crippen molar-refractivity contribution < 1.29 is 10.2 Å². The van der Waals surface area contributed by atoms with E-state index in [9.17, 15) is 0 Å². The molecule has 4 heteroatoms. The predicted molar refractivity (Wildman–Crippen MR) is 57.9 cm³/mol. The Morgan fingerprint density at radius 3 is 1.19 bits per heavy atom. The Morgan fingerprint density at radius 2 is 0.875 bits per heavy atom. The summed E-state index contributed by atoms with van der Waals surface area (Å²) in [6, 6.07) is 19.5. The molecule has 0 bridgehead atoms. The van der Waals surface area contributed by atoms with Gasteiger partial charge in [-0.1, -0.05) is 36.4 Å². The maximum atomic E-state index is 5.58. The lowest BCUT2D eigenvalue weighted by Gasteiger charge is -2.03. The van der Waals surface area contributed by atoms with E-state index in [1.54, 1.807) is 0 Å². The molecule has 4 nitrogen and oxygen atoms in total. The van der Waals surface area contributed by atoms with E-state index in [-0.39, 0.29) is 17.8 Å². The topological polar surface area (TPSA) is 98.7 Å². The molecule has 16 heavy (non-hydrogen) atoms. The van der Waals surface area contributed by atoms with Crippen LogP contribution in [0.25, 0.3) is 0 Å². The first-order chi connectivity index (χ1) is 6.45. The molecule has 0 aliphatic carbocycles. The molecule has 2 aromatic rings. The predicted octanol–water partition coefficient (Wildman–Crippen LogP) is 2.40. The SMILES string of the molecule is [N].[N].[O].c1ccc(Oc2ccccc2)cc1. The summed E-state index contributed by atoms with van der Waals surface area (Å²) in [6.07, 6.45) is 0. The van der Waals surface area contributed by atoms with Gasteiger partial charge in [-0.2, -0.15) is 0 Å². The molecule has 0 aromatic heterocycles. The third kappa shape index (κ3) is 4.56. The van der Waals surface area contributed by atoms with Crippen molar-refractivity contribution >= 4 is 0 Å². The van der Waals surface area contributed by atoms with Gasteiger partial charge in [0.1, 0.15) is 11.5 Å². The zero-order valence-corrected chi connectivity index (χ0v) is 8.48. The molecule has 0 heterocycles. The summed E-state index contributed by atoms with van der Waals surface area (Å²) < 4.78 is 5.58. The molecule has 0 unspecified atom stereocenters. The fourth-order valence-corrected chi connectivity index (χ4v) is 1.11. The molecule has 0 atom stereocenters. The van der Waals surface area contributed by atoms with Gasteiger partial charge in [0.2, 0.25) is 0 Å². The molecule has 8 radical (unpaired) electrons. The normalized spacial score (nSPS) is 7.75. The number of hydrogen-bond donors (Lipinski definition) is 0. The van der Waals surface area contributed by atoms with Gasteiger partial charge < -0.3 is 4.74 Å². The molecule has 0 N–H and O–H groups in total. The van der Waals surface area contributed by atoms with E-state index in [0.29, 0.717) is 0 Å². The summed E-state index contributed by atoms with van der Waals surface area (Å²) in [5.74, 6) is 1.74. The van der Waals surface area contributed by atoms with Crippen molar-refractivity contribution in [3.63, 3.8) is 0 Å². The first-order valence-corrected chi connectivity index (χ1v) is 4.23. The van der Waals surface area contributed by atoms with E-state index in [0.717, 1.165) is 11.5 Å². The van der Waals surface area contributed by atoms with Crippen molar-refractivity contribution in [3.8, 4) is 11.5 Å². The van der Waals surface area contributed by atoms with Gasteiger partial charge in [-0.25, -0.2) is 0 Å². The van der Waals surface area contributed by atoms with E-state index in [1.807, 2.05) is 60.7 Å². The van der Waals surface area contributed by atoms with Gasteiger partial charge in [0.15, 0.2) is 0 Å². The van der Waals surface area contributed by atoms with Gasteiger partial charge in [0.05, 0.1) is 0 Å². The highest BCUT2D eigenvalue weighted by molar-refractivity contribution is 5.30. The zero-order chi connectivity index (χ0) is 8.93. The van der Waals surface area contributed by atoms with Crippen molar-refractivity contribution in [1.29, 1.82) is 0 Å². The number of hydrogen-bond acceptors (Lipinski definition) is 1. The van der Waals surface area contributed by atoms with Crippen molar-refractivity contribution in [1.82, 2.24) is 12.3 Å². The van der Waals surface area contributed by atoms with Gasteiger partial charge in [-0.05, 0) is 24.3 Å². The number of nitrogens with zero attached hydrogens (tertiary/aromatic N) is 2. The summed E-state index contributed by atoms with van der Waals surface area (Å²) in [5, 5.41) is 0. The van der Waals surface area contributed by atoms with E-state index < -0.39 is 0 Å². The zero-order valence-electron chi connectivity index (χ0n) is 8.48. The Labute approximate surface area is 95.4 Å². The summed E-state index contributed by atoms with van der Waals surface area (Å²) in [7, 11) is 0. The lowest BCUT2D eigenvalue weighted by Crippen LogP contribution is -1.81. The van der Waals surface area contributed by atoms with E-state index in [2.05, 4.69) is 0 Å². The maximum Gasteiger partial charge on any atom is 0.127 e. The van der Waals surface area contributed by atoms with Crippen molar-refractivity contribution in [2.24, 2.45) is 0 Å². The van der Waals surface area contributed by atoms with Crippen LogP contribution < -0.4 is 17.0 Å². The van der Waals surface area contributed by atoms with Gasteiger partial charge >= 0.3 is 0 Å². The molecule has 2 aromatic carbocycles. The number of para-hydroxylation sites is 2. The molecule has 0 spiro atoms. The highest BCUT2D eigenvalue weighted by atomic mass is 16.5. The fourth-order valence-electron chi connectivity index (χ4n) is 1.11. The largest absolute Gasteiger partial charge is 0.457 e. The Balaban J connectivity index is 0. The highest BCUT2D eigenvalue weighted by Gasteiger charge is 1.92. The highest BCUT2D eigenvalue weighted by Crippen LogP contribution is 2.19. The second-order valence-electron chi connectivity index (χ2n) is 2.73. The summed E-state index contributed by atoms with van der Waals surface area (Å²) in [5.41, 5.74) is 0. The maximum absolute atomic E-state index is 5.58. The third-order valence-corrected chi connectivity index (χ3v) is 1.72. The van der Waals surface area contributed by atoms with Crippen molar-refractivity contribution in [2.75, 3.05) is 0 Å². The Morgan fingerprint density at radius 1 is 0.562 bits per heavy atom. The monoisotopic (exact) mass is 214 g/mol. The van der Waals surface area contributed by atoms with E-state index in [4.69, 9.17) is 4.74 Å². The second-order valence-corrected chi connectivity index (χ2v) is 2.73. The van der Waals surface area contributed by atoms with E-state index >= 15 is 0 Å². The van der Waals surface area contributed by atoms with Crippen LogP contribution in [0, 0.1) is 0 Å². The molecule has 0 fully saturated rings. The Kier molecular flexibility index (Phi) is 8.72. The van der Waals surface area contributed by atoms with Crippen molar-refractivity contribution in [2.45, 2.75) is 0 Å². The lowest BCUT2D eigenvalue weighted by atomic mass is 10.3. The molecular formula is C12H10N2O2. The summed E-state index contributed by atoms with van der Waals surface area (Å²) in [4.78, 5) is 0. The smallest absolute Gasteiger partial charge is 0.127 e. The van der Waals surface area contributed by atoms with Crippen LogP contribution in [0.15, 0.2) is 60.7 Å². The molecular weight excluding hydrogens is 204 g/mol. The quantitative estimate of drug-likeness (QED) is 0.753. The minimum absolute atomic E-state index is 0. The molecule has 0 amide bonds. The summed E-state index contributed by atoms with van der Waals surface area (Å²) in [6.45, 7) is 0. The molecule has 80 valence electrons. The summed E-state index contributed by atoms with van der Waals surface area (Å²) >= 11 is 0. The minimum Gasteiger partial charge on any atom is -0.457 e. The number of ether oxygens (including phenoxy) is 1. The molecule has 0 aliphatic heterocycles. The van der Waals surface area contributed by atoms with Crippen LogP contribution in [-0.2, 0) is 5.48 Å². The Bertz CT molecular complexity index is 328. The van der Waals surface area contributed by atoms with E-state index in [1.165, 1.54) is 0 Å². The number of rotatable bonds is 2. The van der Waals surface area contributed by atoms with Crippen LogP contribution in [-0.4, -0.2) is 0 Å². The van der Waals surface area contributed by atoms with Gasteiger partial charge in [-0.3, -0.25) is 0 Å². The van der Waals surface area contributed by atoms with Crippen LogP contribution in [0.3, 0.4) is 0 Å². The van der Waals surface area contributed by atoms with Crippen LogP contribution >= 0.6 is 0 Å². The number of benzene rings is 2. The lowest BCUT2D eigenvalue weighted by molar-refractivity contribution is 0.482. The van der Waals surface area contributed by atoms with Crippen LogP contribution in [0.1, 0.15) is 0 Å². The second kappa shape index (κ2) is 8.43. The fraction of sp³-hybridized carbons (Fsp3) is 0. The van der Waals surface area contributed by atoms with Gasteiger partial charge in [-0.15, -0.1) is 0 Å². The van der Waals surface area contributed by atoms with Gasteiger partial charge in [0, 0.05) is 17.8 Å². The standard InChI is InChI=1S/C12H10O.2N.O/c1-3-7-11(8-4-1)13-12-9-5-2-6-10-12;;;/h1-10H;;;. The Hall–Kier alpha value is -1.88. The van der Waals surface area contributed by atoms with Gasteiger partial charge in [0.25, 0.3) is 0 Å². The van der Waals surface area contributed by atoms with Crippen molar-refractivity contribution in [3.05, 3.63) is 60.7 Å². The first kappa shape index (κ1) is 16.5. The average molecular weight is 214 g/mol.